The van der Waals surface area contributed by atoms with Crippen molar-refractivity contribution in [3.8, 4) is 0 Å². The lowest BCUT2D eigenvalue weighted by Gasteiger charge is -2.22. The van der Waals surface area contributed by atoms with E-state index in [0.717, 1.165) is 28.8 Å². The smallest absolute Gasteiger partial charge is 0.337 e. The van der Waals surface area contributed by atoms with Crippen LogP contribution in [0.3, 0.4) is 0 Å². The Kier molecular flexibility index (Phi) is 5.17. The highest BCUT2D eigenvalue weighted by atomic mass is 32.1. The largest absolute Gasteiger partial charge is 0.465 e. The molecule has 1 N–H and O–H groups in total. The van der Waals surface area contributed by atoms with Crippen molar-refractivity contribution in [3.05, 3.63) is 46.5 Å². The van der Waals surface area contributed by atoms with E-state index in [1.807, 2.05) is 13.0 Å². The van der Waals surface area contributed by atoms with Crippen LogP contribution in [0, 0.1) is 6.92 Å². The summed E-state index contributed by atoms with van der Waals surface area (Å²) in [6.45, 7) is 2.00. The van der Waals surface area contributed by atoms with Crippen molar-refractivity contribution in [2.24, 2.45) is 0 Å². The van der Waals surface area contributed by atoms with Crippen LogP contribution in [0.2, 0.25) is 0 Å². The van der Waals surface area contributed by atoms with Gasteiger partial charge in [0, 0.05) is 11.1 Å². The molecule has 1 aliphatic rings. The predicted molar refractivity (Wildman–Crippen MR) is 110 cm³/mol. The van der Waals surface area contributed by atoms with Gasteiger partial charge in [-0.3, -0.25) is 9.48 Å². The normalized spacial score (nSPS) is 14.9. The lowest BCUT2D eigenvalue weighted by Crippen LogP contribution is -2.14. The number of nitrogens with one attached hydrogen (secondary N) is 1. The van der Waals surface area contributed by atoms with Crippen molar-refractivity contribution in [2.45, 2.75) is 45.1 Å². The van der Waals surface area contributed by atoms with Crippen LogP contribution in [0.4, 0.5) is 5.69 Å². The Bertz CT molecular complexity index is 1030. The molecule has 6 nitrogen and oxygen atoms in total. The van der Waals surface area contributed by atoms with Gasteiger partial charge in [0.1, 0.15) is 4.83 Å². The Morgan fingerprint density at radius 3 is 2.75 bits per heavy atom. The van der Waals surface area contributed by atoms with Crippen LogP contribution >= 0.6 is 11.3 Å². The molecule has 28 heavy (non-hydrogen) atoms. The van der Waals surface area contributed by atoms with Crippen molar-refractivity contribution in [2.75, 3.05) is 12.4 Å². The van der Waals surface area contributed by atoms with Crippen LogP contribution in [0.15, 0.2) is 30.3 Å². The maximum absolute atomic E-state index is 12.8. The van der Waals surface area contributed by atoms with Gasteiger partial charge in [-0.2, -0.15) is 5.10 Å². The summed E-state index contributed by atoms with van der Waals surface area (Å²) in [5.74, 6) is -0.612. The Morgan fingerprint density at radius 2 is 2.00 bits per heavy atom. The van der Waals surface area contributed by atoms with E-state index < -0.39 is 5.97 Å². The highest BCUT2D eigenvalue weighted by molar-refractivity contribution is 7.20. The van der Waals surface area contributed by atoms with Gasteiger partial charge in [0.25, 0.3) is 5.91 Å². The Balaban J connectivity index is 1.59. The summed E-state index contributed by atoms with van der Waals surface area (Å²) in [6, 6.07) is 9.09. The molecule has 2 aromatic heterocycles. The maximum Gasteiger partial charge on any atom is 0.337 e. The van der Waals surface area contributed by atoms with E-state index in [1.165, 1.54) is 37.7 Å². The summed E-state index contributed by atoms with van der Waals surface area (Å²) in [6.07, 6.45) is 6.06. The number of rotatable bonds is 4. The van der Waals surface area contributed by atoms with E-state index in [0.29, 0.717) is 22.2 Å². The highest BCUT2D eigenvalue weighted by Crippen LogP contribution is 2.35. The quantitative estimate of drug-likeness (QED) is 0.632. The predicted octanol–water partition coefficient (Wildman–Crippen LogP) is 4.95. The fourth-order valence-electron chi connectivity index (χ4n) is 3.79. The molecule has 0 bridgehead atoms. The van der Waals surface area contributed by atoms with E-state index in [9.17, 15) is 9.59 Å². The molecule has 0 unspecified atom stereocenters. The first-order chi connectivity index (χ1) is 13.6. The zero-order valence-electron chi connectivity index (χ0n) is 16.0. The molecule has 0 saturated heterocycles. The number of benzene rings is 1. The van der Waals surface area contributed by atoms with Gasteiger partial charge in [0.05, 0.1) is 29.3 Å². The summed E-state index contributed by atoms with van der Waals surface area (Å²) in [5.41, 5.74) is 1.93. The van der Waals surface area contributed by atoms with Gasteiger partial charge < -0.3 is 10.1 Å². The topological polar surface area (TPSA) is 73.2 Å². The Hall–Kier alpha value is -2.67. The number of nitrogens with zero attached hydrogens (tertiary/aromatic N) is 2. The lowest BCUT2D eigenvalue weighted by atomic mass is 9.96. The first kappa shape index (κ1) is 18.7. The second kappa shape index (κ2) is 7.75. The molecule has 3 aromatic rings. The van der Waals surface area contributed by atoms with Gasteiger partial charge >= 0.3 is 5.97 Å². The van der Waals surface area contributed by atoms with E-state index in [2.05, 4.69) is 10.00 Å². The number of amides is 1. The number of aryl methyl sites for hydroxylation is 1. The Labute approximate surface area is 167 Å². The number of esters is 1. The van der Waals surface area contributed by atoms with Crippen LogP contribution in [0.1, 0.15) is 63.9 Å². The van der Waals surface area contributed by atoms with Crippen molar-refractivity contribution >= 4 is 39.1 Å². The number of hydrogen-bond acceptors (Lipinski definition) is 5. The SMILES string of the molecule is COC(=O)c1cccc(NC(=O)c2cc3c(C)nn(C4CCCCC4)c3s2)c1. The number of carbonyl (C=O) groups is 2. The molecule has 1 aliphatic carbocycles. The Morgan fingerprint density at radius 1 is 1.21 bits per heavy atom. The van der Waals surface area contributed by atoms with Crippen molar-refractivity contribution in [3.63, 3.8) is 0 Å². The van der Waals surface area contributed by atoms with Crippen molar-refractivity contribution in [1.82, 2.24) is 9.78 Å². The number of aromatic nitrogens is 2. The third-order valence-electron chi connectivity index (χ3n) is 5.25. The van der Waals surface area contributed by atoms with Crippen molar-refractivity contribution < 1.29 is 14.3 Å². The summed E-state index contributed by atoms with van der Waals surface area (Å²) in [7, 11) is 1.34. The molecule has 2 heterocycles. The molecule has 4 rings (SSSR count). The van der Waals surface area contributed by atoms with Gasteiger partial charge in [-0.1, -0.05) is 25.3 Å². The number of hydrogen-bond donors (Lipinski definition) is 1. The average Bonchev–Trinajstić information content (AvgIpc) is 3.29. The van der Waals surface area contributed by atoms with Crippen LogP contribution in [0.25, 0.3) is 10.2 Å². The molecule has 146 valence electrons. The molecule has 0 atom stereocenters. The molecular formula is C21H23N3O3S. The number of carbonyl (C=O) groups excluding carboxylic acids is 2. The van der Waals surface area contributed by atoms with E-state index in [4.69, 9.17) is 9.84 Å². The lowest BCUT2D eigenvalue weighted by molar-refractivity contribution is 0.0600. The molecule has 1 saturated carbocycles. The zero-order valence-corrected chi connectivity index (χ0v) is 16.8. The van der Waals surface area contributed by atoms with Gasteiger partial charge in [-0.15, -0.1) is 11.3 Å². The fraction of sp³-hybridized carbons (Fsp3) is 0.381. The highest BCUT2D eigenvalue weighted by Gasteiger charge is 2.22. The fourth-order valence-corrected chi connectivity index (χ4v) is 4.92. The van der Waals surface area contributed by atoms with Gasteiger partial charge in [-0.25, -0.2) is 4.79 Å². The molecule has 1 amide bonds. The molecule has 0 spiro atoms. The van der Waals surface area contributed by atoms with E-state index in [1.54, 1.807) is 24.3 Å². The molecule has 1 aromatic carbocycles. The summed E-state index contributed by atoms with van der Waals surface area (Å²) >= 11 is 1.48. The van der Waals surface area contributed by atoms with Gasteiger partial charge in [0.15, 0.2) is 0 Å². The minimum absolute atomic E-state index is 0.183. The monoisotopic (exact) mass is 397 g/mol. The van der Waals surface area contributed by atoms with Crippen LogP contribution in [-0.4, -0.2) is 28.8 Å². The molecule has 0 radical (unpaired) electrons. The first-order valence-corrected chi connectivity index (χ1v) is 10.4. The molecule has 1 fully saturated rings. The second-order valence-electron chi connectivity index (χ2n) is 7.18. The average molecular weight is 398 g/mol. The maximum atomic E-state index is 12.8. The minimum Gasteiger partial charge on any atom is -0.465 e. The first-order valence-electron chi connectivity index (χ1n) is 9.55. The van der Waals surface area contributed by atoms with Crippen molar-refractivity contribution in [1.29, 1.82) is 0 Å². The standard InChI is InChI=1S/C21H23N3O3S/c1-13-17-12-18(28-20(17)24(23-13)16-9-4-3-5-10-16)19(25)22-15-8-6-7-14(11-15)21(26)27-2/h6-8,11-12,16H,3-5,9-10H2,1-2H3,(H,22,25). The van der Waals surface area contributed by atoms with E-state index in [-0.39, 0.29) is 5.91 Å². The number of anilines is 1. The molecular weight excluding hydrogens is 374 g/mol. The summed E-state index contributed by atoms with van der Waals surface area (Å²) in [5, 5.41) is 8.67. The third-order valence-corrected chi connectivity index (χ3v) is 6.38. The van der Waals surface area contributed by atoms with E-state index >= 15 is 0 Å². The van der Waals surface area contributed by atoms with Crippen LogP contribution in [0.5, 0.6) is 0 Å². The van der Waals surface area contributed by atoms with Crippen LogP contribution < -0.4 is 5.32 Å². The van der Waals surface area contributed by atoms with Crippen LogP contribution in [-0.2, 0) is 4.74 Å². The third kappa shape index (κ3) is 3.54. The summed E-state index contributed by atoms with van der Waals surface area (Å²) < 4.78 is 6.86. The second-order valence-corrected chi connectivity index (χ2v) is 8.21. The zero-order chi connectivity index (χ0) is 19.7. The summed E-state index contributed by atoms with van der Waals surface area (Å²) in [4.78, 5) is 26.2. The number of fused-ring (bicyclic) bond motifs is 1. The molecule has 7 heteroatoms. The van der Waals surface area contributed by atoms with Gasteiger partial charge in [-0.05, 0) is 44.0 Å². The number of ether oxygens (including phenoxy) is 1. The number of thiophene rings is 1. The van der Waals surface area contributed by atoms with Gasteiger partial charge in [0.2, 0.25) is 0 Å². The molecule has 0 aliphatic heterocycles. The number of methoxy groups -OCH3 is 1. The minimum atomic E-state index is -0.429.